The van der Waals surface area contributed by atoms with E-state index in [2.05, 4.69) is 3.77 Å². The maximum atomic E-state index is 9.26. The summed E-state index contributed by atoms with van der Waals surface area (Å²) in [6, 6.07) is 0. The molecule has 0 rings (SSSR count). The second-order valence-corrected chi connectivity index (χ2v) is 1.44. The topological polar surface area (TPSA) is 29.4 Å². The van der Waals surface area contributed by atoms with Gasteiger partial charge in [-0.25, -0.2) is 0 Å². The molecule has 0 aromatic heterocycles. The maximum absolute atomic E-state index is 9.26. The first-order valence-electron chi connectivity index (χ1n) is 0.940. The van der Waals surface area contributed by atoms with Crippen molar-refractivity contribution in [1.82, 2.24) is 0 Å². The molecule has 30 valence electrons. The highest BCUT2D eigenvalue weighted by atomic mass is 32.2. The smallest absolute Gasteiger partial charge is 0.190 e. The van der Waals surface area contributed by atoms with Gasteiger partial charge in [0, 0.05) is 6.26 Å². The van der Waals surface area contributed by atoms with Crippen LogP contribution >= 0.6 is 11.9 Å². The zero-order valence-electron chi connectivity index (χ0n) is 2.67. The van der Waals surface area contributed by atoms with Gasteiger partial charge in [-0.3, -0.25) is 0 Å². The minimum Gasteiger partial charge on any atom is -0.190 e. The summed E-state index contributed by atoms with van der Waals surface area (Å²) in [4.78, 5) is 0. The van der Waals surface area contributed by atoms with Crippen LogP contribution in [0.4, 0.5) is 0 Å². The van der Waals surface area contributed by atoms with E-state index in [-0.39, 0.29) is 11.5 Å². The van der Waals surface area contributed by atoms with Crippen LogP contribution in [0.5, 0.6) is 0 Å². The molecule has 0 aromatic rings. The van der Waals surface area contributed by atoms with Crippen molar-refractivity contribution in [2.75, 3.05) is 6.26 Å². The van der Waals surface area contributed by atoms with Crippen LogP contribution in [0.15, 0.2) is 3.77 Å². The maximum Gasteiger partial charge on any atom is 0.212 e. The number of hydrogen-bond acceptors (Lipinski definition) is 3. The highest BCUT2D eigenvalue weighted by Crippen LogP contribution is 1.86. The van der Waals surface area contributed by atoms with Gasteiger partial charge in [0.15, 0.2) is 0 Å². The van der Waals surface area contributed by atoms with Crippen LogP contribution in [0.3, 0.4) is 0 Å². The summed E-state index contributed by atoms with van der Waals surface area (Å²) in [5.41, 5.74) is 0. The summed E-state index contributed by atoms with van der Waals surface area (Å²) in [7, 11) is 0. The lowest BCUT2D eigenvalue weighted by atomic mass is 12.0. The van der Waals surface area contributed by atoms with Crippen LogP contribution in [0.1, 0.15) is 0 Å². The van der Waals surface area contributed by atoms with Gasteiger partial charge in [-0.2, -0.15) is 4.21 Å². The van der Waals surface area contributed by atoms with Crippen molar-refractivity contribution in [3.05, 3.63) is 0 Å². The average molecular weight is 109 g/mol. The van der Waals surface area contributed by atoms with E-state index in [1.165, 1.54) is 11.9 Å². The quantitative estimate of drug-likeness (QED) is 0.463. The lowest BCUT2D eigenvalue weighted by Gasteiger charge is -1.57. The molecule has 0 saturated carbocycles. The minimum absolute atomic E-state index is 0.240. The summed E-state index contributed by atoms with van der Waals surface area (Å²) < 4.78 is 12.5. The van der Waals surface area contributed by atoms with Gasteiger partial charge in [0.1, 0.15) is 0 Å². The molecule has 0 aliphatic rings. The number of rotatable bonds is 1. The van der Waals surface area contributed by atoms with Crippen molar-refractivity contribution < 1.29 is 4.21 Å². The molecule has 0 aliphatic heterocycles. The molecule has 0 bridgehead atoms. The van der Waals surface area contributed by atoms with Crippen molar-refractivity contribution >= 4 is 23.4 Å². The van der Waals surface area contributed by atoms with Crippen LogP contribution in [0.2, 0.25) is 0 Å². The molecule has 0 aromatic carbocycles. The van der Waals surface area contributed by atoms with Gasteiger partial charge in [-0.1, -0.05) is 0 Å². The van der Waals surface area contributed by atoms with Gasteiger partial charge in [-0.05, 0) is 11.9 Å². The van der Waals surface area contributed by atoms with Crippen LogP contribution < -0.4 is 0 Å². The first kappa shape index (κ1) is 5.17. The molecule has 0 amide bonds. The third kappa shape index (κ3) is 4.17. The molecule has 0 N–H and O–H groups in total. The van der Waals surface area contributed by atoms with E-state index in [1.807, 2.05) is 0 Å². The fraction of sp³-hybridized carbons (Fsp3) is 1.00. The van der Waals surface area contributed by atoms with E-state index in [1.54, 1.807) is 6.26 Å². The van der Waals surface area contributed by atoms with Crippen molar-refractivity contribution in [2.45, 2.75) is 0 Å². The van der Waals surface area contributed by atoms with E-state index in [0.717, 1.165) is 0 Å². The largest absolute Gasteiger partial charge is 0.212 e. The second kappa shape index (κ2) is 4.17. The van der Waals surface area contributed by atoms with Gasteiger partial charge in [0.05, 0.1) is 0 Å². The highest BCUT2D eigenvalue weighted by molar-refractivity contribution is 8.00. The van der Waals surface area contributed by atoms with Crippen molar-refractivity contribution in [2.24, 2.45) is 3.77 Å². The third-order valence-electron chi connectivity index (χ3n) is 0.105. The monoisotopic (exact) mass is 109 g/mol. The molecule has 0 aliphatic carbocycles. The summed E-state index contributed by atoms with van der Waals surface area (Å²) >= 11 is 1.42. The Balaban J connectivity index is 2.93. The molecule has 2 nitrogen and oxygen atoms in total. The zero-order chi connectivity index (χ0) is 4.12. The van der Waals surface area contributed by atoms with Crippen molar-refractivity contribution in [3.8, 4) is 0 Å². The fourth-order valence-electron chi connectivity index (χ4n) is 0.0304. The predicted molar refractivity (Wildman–Crippen MR) is 24.1 cm³/mol. The first-order chi connectivity index (χ1) is 2.41. The van der Waals surface area contributed by atoms with Crippen molar-refractivity contribution in [3.63, 3.8) is 0 Å². The van der Waals surface area contributed by atoms with Gasteiger partial charge >= 0.3 is 0 Å². The van der Waals surface area contributed by atoms with Gasteiger partial charge in [-0.15, -0.1) is 3.77 Å². The van der Waals surface area contributed by atoms with E-state index in [0.29, 0.717) is 0 Å². The molecular weight excluding hydrogens is 106 g/mol. The van der Waals surface area contributed by atoms with E-state index < -0.39 is 0 Å². The summed E-state index contributed by atoms with van der Waals surface area (Å²) in [5.74, 6) is 0. The first-order valence-corrected chi connectivity index (χ1v) is 2.82. The third-order valence-corrected chi connectivity index (χ3v) is 0.945. The molecule has 0 spiro atoms. The lowest BCUT2D eigenvalue weighted by molar-refractivity contribution is 0.699. The van der Waals surface area contributed by atoms with Crippen LogP contribution in [-0.4, -0.2) is 10.5 Å². The molecule has 0 fully saturated rings. The minimum atomic E-state index is 0.240. The van der Waals surface area contributed by atoms with Gasteiger partial charge in [0.25, 0.3) is 0 Å². The van der Waals surface area contributed by atoms with E-state index in [9.17, 15) is 4.21 Å². The Hall–Kier alpha value is 0.170. The Labute approximate surface area is 38.3 Å². The fourth-order valence-corrected chi connectivity index (χ4v) is 0.274. The van der Waals surface area contributed by atoms with E-state index >= 15 is 0 Å². The average Bonchev–Trinajstić information content (AvgIpc) is 1.41. The Morgan fingerprint density at radius 3 is 2.40 bits per heavy atom. The Morgan fingerprint density at radius 2 is 2.40 bits per heavy atom. The summed E-state index contributed by atoms with van der Waals surface area (Å²) in [6.07, 6.45) is 1.74. The summed E-state index contributed by atoms with van der Waals surface area (Å²) in [6.45, 7) is 0. The molecule has 0 heterocycles. The van der Waals surface area contributed by atoms with Crippen LogP contribution in [-0.2, 0) is 11.5 Å². The Morgan fingerprint density at radius 1 is 1.80 bits per heavy atom. The molecular formula is CH3NOS2. The second-order valence-electron chi connectivity index (χ2n) is 0.332. The number of hydrogen-bond donors (Lipinski definition) is 0. The van der Waals surface area contributed by atoms with Crippen molar-refractivity contribution in [1.29, 1.82) is 0 Å². The predicted octanol–water partition coefficient (Wildman–Crippen LogP) is 0.661. The number of nitrogens with zero attached hydrogens (tertiary/aromatic N) is 1. The van der Waals surface area contributed by atoms with Crippen LogP contribution in [0, 0.1) is 0 Å². The van der Waals surface area contributed by atoms with Gasteiger partial charge < -0.3 is 0 Å². The molecule has 4 heteroatoms. The molecule has 0 saturated heterocycles. The molecule has 0 atom stereocenters. The zero-order valence-corrected chi connectivity index (χ0v) is 4.30. The lowest BCUT2D eigenvalue weighted by Crippen LogP contribution is -1.33. The normalized spacial score (nSPS) is 6.60. The van der Waals surface area contributed by atoms with Crippen LogP contribution in [0.25, 0.3) is 0 Å². The van der Waals surface area contributed by atoms with Gasteiger partial charge in [0.2, 0.25) is 11.5 Å². The standard InChI is InChI=1S/CH3NOS2/c1-4-2-5-3/h1H3. The molecule has 5 heavy (non-hydrogen) atoms. The van der Waals surface area contributed by atoms with E-state index in [4.69, 9.17) is 0 Å². The highest BCUT2D eigenvalue weighted by Gasteiger charge is 1.52. The molecule has 0 unspecified atom stereocenters. The molecule has 0 radical (unpaired) electrons. The Kier molecular flexibility index (Phi) is 4.31. The Bertz CT molecular complexity index is 56.7. The summed E-state index contributed by atoms with van der Waals surface area (Å²) in [5, 5.41) is 0. The SMILES string of the molecule is CSN=S=O.